The molecule has 2 aliphatic rings. The van der Waals surface area contributed by atoms with Gasteiger partial charge in [-0.3, -0.25) is 29.0 Å². The molecule has 2 heterocycles. The Morgan fingerprint density at radius 2 is 0.891 bits per heavy atom. The molecule has 10 nitrogen and oxygen atoms in total. The van der Waals surface area contributed by atoms with E-state index in [-0.39, 0.29) is 56.5 Å². The van der Waals surface area contributed by atoms with Gasteiger partial charge in [0.1, 0.15) is 5.41 Å². The fraction of sp³-hybridized carbons (Fsp3) is 0.680. The van der Waals surface area contributed by atoms with Gasteiger partial charge in [0.05, 0.1) is 6.61 Å². The number of piperidine rings is 2. The van der Waals surface area contributed by atoms with Gasteiger partial charge >= 0.3 is 17.9 Å². The molecule has 0 aromatic heterocycles. The van der Waals surface area contributed by atoms with Crippen molar-refractivity contribution in [2.24, 2.45) is 10.8 Å². The second-order valence-corrected chi connectivity index (χ2v) is 17.7. The Balaban J connectivity index is 0.000000340. The number of esters is 1. The highest BCUT2D eigenvalue weighted by Gasteiger charge is 2.50. The normalized spacial score (nSPS) is 16.1. The van der Waals surface area contributed by atoms with Crippen LogP contribution in [0, 0.1) is 34.1 Å². The van der Waals surface area contributed by atoms with Crippen molar-refractivity contribution in [2.45, 2.75) is 169 Å². The van der Waals surface area contributed by atoms with Crippen LogP contribution in [0.15, 0.2) is 24.3 Å². The smallest absolute Gasteiger partial charge is 0.323 e. The molecule has 64 heavy (non-hydrogen) atoms. The van der Waals surface area contributed by atoms with Gasteiger partial charge in [-0.15, -0.1) is 0 Å². The molecule has 2 aliphatic heterocycles. The predicted octanol–water partition coefficient (Wildman–Crippen LogP) is 10.5. The van der Waals surface area contributed by atoms with Crippen molar-refractivity contribution < 1.29 is 51.7 Å². The molecule has 360 valence electrons. The molecule has 0 bridgehead atoms. The van der Waals surface area contributed by atoms with Crippen molar-refractivity contribution in [3.63, 3.8) is 0 Å². The third-order valence-corrected chi connectivity index (χ3v) is 13.0. The molecular weight excluding hydrogens is 831 g/mol. The van der Waals surface area contributed by atoms with E-state index < -0.39 is 57.9 Å². The fourth-order valence-electron chi connectivity index (χ4n) is 8.74. The number of aliphatic carboxylic acids is 2. The average Bonchev–Trinajstić information content (AvgIpc) is 3.28. The number of rotatable bonds is 26. The number of hydrogen-bond acceptors (Lipinski definition) is 7. The topological polar surface area (TPSA) is 136 Å². The highest BCUT2D eigenvalue weighted by Crippen LogP contribution is 2.35. The summed E-state index contributed by atoms with van der Waals surface area (Å²) in [6, 6.07) is 6.59. The summed E-state index contributed by atoms with van der Waals surface area (Å²) in [4.78, 5) is 51.8. The quantitative estimate of drug-likeness (QED) is 0.0365. The van der Waals surface area contributed by atoms with E-state index in [1.807, 2.05) is 9.80 Å². The minimum Gasteiger partial charge on any atom is -0.480 e. The van der Waals surface area contributed by atoms with Crippen LogP contribution in [0.4, 0.5) is 17.6 Å². The number of nitrogens with zero attached hydrogens (tertiary/aromatic N) is 2. The van der Waals surface area contributed by atoms with Crippen LogP contribution in [-0.2, 0) is 49.8 Å². The summed E-state index contributed by atoms with van der Waals surface area (Å²) in [5.74, 6) is -6.71. The van der Waals surface area contributed by atoms with Crippen LogP contribution in [0.5, 0.6) is 0 Å². The molecule has 0 atom stereocenters. The van der Waals surface area contributed by atoms with Crippen LogP contribution in [0.2, 0.25) is 0 Å². The fourth-order valence-corrected chi connectivity index (χ4v) is 8.74. The number of unbranched alkanes of at least 4 members (excludes halogenated alkanes) is 12. The van der Waals surface area contributed by atoms with Crippen molar-refractivity contribution in [2.75, 3.05) is 39.3 Å². The standard InChI is InChI=1S/C25H38F2N2O3.C25H37F2NO4/c1-3-5-6-7-8-9-10-11-19-12-13-20(22(27)21(19)26)18-29-16-14-25(15-17-29,24(31)32)23(30)28-4-2;1-3-5-6-7-8-9-10-11-19-12-13-20(22(27)21(19)26)18-28-16-14-25(15-17-28,23(29)30)24(31)32-4-2/h12-13H,3-11,14-18H2,1-2H3,(H,28,30)(H,31,32);12-13H,3-11,14-18H2,1-2H3,(H,29,30). The molecular formula is C50H75F4N3O7. The van der Waals surface area contributed by atoms with Crippen LogP contribution in [0.3, 0.4) is 0 Å². The molecule has 2 saturated heterocycles. The molecule has 0 saturated carbocycles. The van der Waals surface area contributed by atoms with Crippen molar-refractivity contribution in [1.29, 1.82) is 0 Å². The van der Waals surface area contributed by atoms with E-state index in [4.69, 9.17) is 4.74 Å². The second kappa shape index (κ2) is 28.1. The van der Waals surface area contributed by atoms with E-state index in [1.165, 1.54) is 51.4 Å². The Kier molecular flexibility index (Phi) is 23.8. The van der Waals surface area contributed by atoms with Crippen molar-refractivity contribution in [3.05, 3.63) is 69.8 Å². The first-order valence-electron chi connectivity index (χ1n) is 24.0. The largest absolute Gasteiger partial charge is 0.480 e. The highest BCUT2D eigenvalue weighted by atomic mass is 19.2. The van der Waals surface area contributed by atoms with Crippen molar-refractivity contribution in [3.8, 4) is 0 Å². The number of carboxylic acid groups (broad SMARTS) is 2. The third kappa shape index (κ3) is 15.6. The van der Waals surface area contributed by atoms with E-state index in [0.29, 0.717) is 56.7 Å². The number of nitrogens with one attached hydrogen (secondary N) is 1. The summed E-state index contributed by atoms with van der Waals surface area (Å²) in [6.07, 6.45) is 17.3. The average molecular weight is 906 g/mol. The van der Waals surface area contributed by atoms with E-state index in [2.05, 4.69) is 19.2 Å². The van der Waals surface area contributed by atoms with Crippen LogP contribution in [0.25, 0.3) is 0 Å². The Hall–Kier alpha value is -4.04. The molecule has 0 unspecified atom stereocenters. The first-order chi connectivity index (χ1) is 30.7. The number of carbonyl (C=O) groups is 4. The summed E-state index contributed by atoms with van der Waals surface area (Å²) in [5, 5.41) is 21.8. The SMILES string of the molecule is CCCCCCCCCc1ccc(CN2CCC(C(=O)O)(C(=O)NCC)CC2)c(F)c1F.CCCCCCCCCc1ccc(CN2CCC(C(=O)O)(C(=O)OCC)CC2)c(F)c1F. The zero-order valence-corrected chi connectivity index (χ0v) is 39.0. The van der Waals surface area contributed by atoms with Crippen LogP contribution >= 0.6 is 0 Å². The number of carbonyl (C=O) groups excluding carboxylic acids is 2. The molecule has 1 amide bonds. The summed E-state index contributed by atoms with van der Waals surface area (Å²) >= 11 is 0. The number of likely N-dealkylation sites (tertiary alicyclic amines) is 2. The van der Waals surface area contributed by atoms with E-state index in [0.717, 1.165) is 38.5 Å². The zero-order valence-electron chi connectivity index (χ0n) is 39.0. The lowest BCUT2D eigenvalue weighted by molar-refractivity contribution is -0.172. The van der Waals surface area contributed by atoms with Gasteiger partial charge in [0.2, 0.25) is 5.91 Å². The van der Waals surface area contributed by atoms with Crippen LogP contribution in [-0.4, -0.2) is 83.2 Å². The van der Waals surface area contributed by atoms with Gasteiger partial charge in [-0.05, 0) is 76.3 Å². The zero-order chi connectivity index (χ0) is 47.1. The van der Waals surface area contributed by atoms with Gasteiger partial charge in [-0.1, -0.05) is 115 Å². The molecule has 3 N–H and O–H groups in total. The minimum absolute atomic E-state index is 0.0849. The number of benzene rings is 2. The lowest BCUT2D eigenvalue weighted by atomic mass is 9.77. The van der Waals surface area contributed by atoms with Gasteiger partial charge in [-0.2, -0.15) is 0 Å². The Bertz CT molecular complexity index is 1650. The Labute approximate surface area is 378 Å². The summed E-state index contributed by atoms with van der Waals surface area (Å²) in [5.41, 5.74) is -1.66. The van der Waals surface area contributed by atoms with Gasteiger partial charge in [0, 0.05) is 56.9 Å². The maximum atomic E-state index is 14.7. The maximum Gasteiger partial charge on any atom is 0.323 e. The Morgan fingerprint density at radius 3 is 1.25 bits per heavy atom. The number of halogens is 4. The van der Waals surface area contributed by atoms with Crippen LogP contribution < -0.4 is 5.32 Å². The lowest BCUT2D eigenvalue weighted by Crippen LogP contribution is -2.53. The molecule has 2 fully saturated rings. The highest BCUT2D eigenvalue weighted by molar-refractivity contribution is 6.02. The number of amides is 1. The number of hydrogen-bond donors (Lipinski definition) is 3. The first-order valence-corrected chi connectivity index (χ1v) is 24.0. The molecule has 0 radical (unpaired) electrons. The summed E-state index contributed by atoms with van der Waals surface area (Å²) in [7, 11) is 0. The van der Waals surface area contributed by atoms with Gasteiger partial charge in [0.25, 0.3) is 0 Å². The minimum atomic E-state index is -1.56. The number of aryl methyl sites for hydroxylation is 2. The second-order valence-electron chi connectivity index (χ2n) is 17.7. The summed E-state index contributed by atoms with van der Waals surface area (Å²) < 4.78 is 63.5. The van der Waals surface area contributed by atoms with Crippen molar-refractivity contribution >= 4 is 23.8 Å². The van der Waals surface area contributed by atoms with Gasteiger partial charge in [-0.25, -0.2) is 17.6 Å². The monoisotopic (exact) mass is 906 g/mol. The van der Waals surface area contributed by atoms with E-state index >= 15 is 0 Å². The molecule has 2 aromatic carbocycles. The Morgan fingerprint density at radius 1 is 0.547 bits per heavy atom. The first kappa shape index (κ1) is 54.3. The maximum absolute atomic E-state index is 14.7. The molecule has 0 aliphatic carbocycles. The van der Waals surface area contributed by atoms with E-state index in [1.54, 1.807) is 38.1 Å². The van der Waals surface area contributed by atoms with Crippen molar-refractivity contribution in [1.82, 2.24) is 15.1 Å². The molecule has 14 heteroatoms. The molecule has 2 aromatic rings. The number of ether oxygens (including phenoxy) is 1. The molecule has 0 spiro atoms. The van der Waals surface area contributed by atoms with Crippen LogP contribution in [0.1, 0.15) is 166 Å². The summed E-state index contributed by atoms with van der Waals surface area (Å²) in [6.45, 7) is 9.88. The lowest BCUT2D eigenvalue weighted by Gasteiger charge is -2.37. The van der Waals surface area contributed by atoms with E-state index in [9.17, 15) is 47.0 Å². The predicted molar refractivity (Wildman–Crippen MR) is 241 cm³/mol. The number of carboxylic acids is 2. The molecule has 4 rings (SSSR count). The van der Waals surface area contributed by atoms with Gasteiger partial charge < -0.3 is 20.3 Å². The third-order valence-electron chi connectivity index (χ3n) is 13.0. The van der Waals surface area contributed by atoms with Gasteiger partial charge in [0.15, 0.2) is 28.7 Å².